The first kappa shape index (κ1) is 17.7. The van der Waals surface area contributed by atoms with Gasteiger partial charge in [0.15, 0.2) is 0 Å². The smallest absolute Gasteiger partial charge is 0.350 e. The number of aromatic nitrogens is 1. The average molecular weight is 329 g/mol. The molecule has 1 aromatic rings. The molecule has 0 bridgehead atoms. The molecule has 1 amide bonds. The van der Waals surface area contributed by atoms with Crippen molar-refractivity contribution in [1.29, 1.82) is 0 Å². The Morgan fingerprint density at radius 2 is 1.87 bits per heavy atom. The first-order valence-corrected chi connectivity index (χ1v) is 7.77. The summed E-state index contributed by atoms with van der Waals surface area (Å²) in [7, 11) is 0. The first-order chi connectivity index (χ1) is 10.7. The van der Waals surface area contributed by atoms with Gasteiger partial charge in [-0.3, -0.25) is 14.7 Å². The Morgan fingerprint density at radius 3 is 2.39 bits per heavy atom. The number of pyridine rings is 1. The van der Waals surface area contributed by atoms with E-state index in [-0.39, 0.29) is 11.1 Å². The molecule has 2 rings (SSSR count). The molecule has 1 saturated heterocycles. The number of likely N-dealkylation sites (tertiary alicyclic amines) is 1. The van der Waals surface area contributed by atoms with Gasteiger partial charge in [0.1, 0.15) is 5.69 Å². The fourth-order valence-electron chi connectivity index (χ4n) is 2.71. The van der Waals surface area contributed by atoms with E-state index in [0.717, 1.165) is 44.3 Å². The lowest BCUT2D eigenvalue weighted by molar-refractivity contribution is -0.141. The summed E-state index contributed by atoms with van der Waals surface area (Å²) in [5.74, 6) is -0.406. The number of rotatable bonds is 4. The molecule has 1 aliphatic heterocycles. The van der Waals surface area contributed by atoms with Crippen LogP contribution in [-0.2, 0) is 6.18 Å². The summed E-state index contributed by atoms with van der Waals surface area (Å²) in [5.41, 5.74) is -1.05. The molecule has 0 aliphatic carbocycles. The van der Waals surface area contributed by atoms with Crippen molar-refractivity contribution >= 4 is 5.91 Å². The van der Waals surface area contributed by atoms with Gasteiger partial charge in [-0.15, -0.1) is 0 Å². The highest BCUT2D eigenvalue weighted by atomic mass is 19.4. The average Bonchev–Trinajstić information content (AvgIpc) is 2.53. The number of nitrogens with one attached hydrogen (secondary N) is 1. The fourth-order valence-corrected chi connectivity index (χ4v) is 2.71. The fraction of sp³-hybridized carbons (Fsp3) is 0.625. The lowest BCUT2D eigenvalue weighted by Gasteiger charge is -2.41. The normalized spacial score (nSPS) is 17.1. The second-order valence-corrected chi connectivity index (χ2v) is 6.47. The van der Waals surface area contributed by atoms with E-state index in [2.05, 4.69) is 29.0 Å². The SMILES string of the molecule is CC(C)(CNC(=O)c1ccc(C(F)(F)F)nc1)N1CCCCC1. The molecule has 1 fully saturated rings. The van der Waals surface area contributed by atoms with Gasteiger partial charge in [0.25, 0.3) is 5.91 Å². The number of hydrogen-bond donors (Lipinski definition) is 1. The molecule has 0 aromatic carbocycles. The van der Waals surface area contributed by atoms with Crippen molar-refractivity contribution in [2.45, 2.75) is 44.8 Å². The highest BCUT2D eigenvalue weighted by Gasteiger charge is 2.32. The summed E-state index contributed by atoms with van der Waals surface area (Å²) < 4.78 is 37.4. The van der Waals surface area contributed by atoms with Crippen LogP contribution >= 0.6 is 0 Å². The molecular formula is C16H22F3N3O. The lowest BCUT2D eigenvalue weighted by Crippen LogP contribution is -2.53. The maximum atomic E-state index is 12.5. The number of alkyl halides is 3. The zero-order valence-electron chi connectivity index (χ0n) is 13.4. The molecular weight excluding hydrogens is 307 g/mol. The van der Waals surface area contributed by atoms with Gasteiger partial charge in [0, 0.05) is 18.3 Å². The number of carbonyl (C=O) groups excluding carboxylic acids is 1. The van der Waals surface area contributed by atoms with Crippen LogP contribution in [-0.4, -0.2) is 41.0 Å². The Hall–Kier alpha value is -1.63. The van der Waals surface area contributed by atoms with Gasteiger partial charge < -0.3 is 5.32 Å². The van der Waals surface area contributed by atoms with E-state index in [4.69, 9.17) is 0 Å². The van der Waals surface area contributed by atoms with E-state index in [9.17, 15) is 18.0 Å². The molecule has 0 radical (unpaired) electrons. The van der Waals surface area contributed by atoms with Crippen molar-refractivity contribution in [3.05, 3.63) is 29.6 Å². The zero-order chi connectivity index (χ0) is 17.1. The molecule has 1 N–H and O–H groups in total. The number of amides is 1. The topological polar surface area (TPSA) is 45.2 Å². The molecule has 128 valence electrons. The minimum atomic E-state index is -4.49. The van der Waals surface area contributed by atoms with Gasteiger partial charge in [0.2, 0.25) is 0 Å². The van der Waals surface area contributed by atoms with Crippen LogP contribution in [0.25, 0.3) is 0 Å². The lowest BCUT2D eigenvalue weighted by atomic mass is 9.98. The van der Waals surface area contributed by atoms with Crippen LogP contribution in [0.2, 0.25) is 0 Å². The molecule has 2 heterocycles. The minimum Gasteiger partial charge on any atom is -0.350 e. The molecule has 0 saturated carbocycles. The van der Waals surface area contributed by atoms with E-state index in [1.165, 1.54) is 6.42 Å². The van der Waals surface area contributed by atoms with Gasteiger partial charge in [-0.2, -0.15) is 13.2 Å². The maximum absolute atomic E-state index is 12.5. The number of piperidine rings is 1. The predicted molar refractivity (Wildman–Crippen MR) is 81.1 cm³/mol. The van der Waals surface area contributed by atoms with Crippen molar-refractivity contribution in [2.24, 2.45) is 0 Å². The summed E-state index contributed by atoms with van der Waals surface area (Å²) in [5, 5.41) is 2.79. The maximum Gasteiger partial charge on any atom is 0.433 e. The molecule has 0 unspecified atom stereocenters. The highest BCUT2D eigenvalue weighted by Crippen LogP contribution is 2.27. The standard InChI is InChI=1S/C16H22F3N3O/c1-15(2,22-8-4-3-5-9-22)11-21-14(23)12-6-7-13(20-10-12)16(17,18)19/h6-7,10H,3-5,8-9,11H2,1-2H3,(H,21,23). The third-order valence-corrected chi connectivity index (χ3v) is 4.21. The molecule has 23 heavy (non-hydrogen) atoms. The van der Waals surface area contributed by atoms with Gasteiger partial charge in [0.05, 0.1) is 5.56 Å². The molecule has 7 heteroatoms. The van der Waals surface area contributed by atoms with Gasteiger partial charge >= 0.3 is 6.18 Å². The molecule has 0 spiro atoms. The van der Waals surface area contributed by atoms with Crippen LogP contribution in [0.4, 0.5) is 13.2 Å². The summed E-state index contributed by atoms with van der Waals surface area (Å²) in [4.78, 5) is 17.7. The van der Waals surface area contributed by atoms with Crippen LogP contribution in [0.3, 0.4) is 0 Å². The largest absolute Gasteiger partial charge is 0.433 e. The second-order valence-electron chi connectivity index (χ2n) is 6.47. The Kier molecular flexibility index (Phi) is 5.29. The monoisotopic (exact) mass is 329 g/mol. The van der Waals surface area contributed by atoms with Crippen LogP contribution in [0, 0.1) is 0 Å². The van der Waals surface area contributed by atoms with Crippen LogP contribution in [0.5, 0.6) is 0 Å². The Bertz CT molecular complexity index is 534. The van der Waals surface area contributed by atoms with E-state index < -0.39 is 17.8 Å². The summed E-state index contributed by atoms with van der Waals surface area (Å²) in [6, 6.07) is 1.98. The third kappa shape index (κ3) is 4.67. The summed E-state index contributed by atoms with van der Waals surface area (Å²) in [6.45, 7) is 6.56. The third-order valence-electron chi connectivity index (χ3n) is 4.21. The number of carbonyl (C=O) groups is 1. The van der Waals surface area contributed by atoms with E-state index in [1.54, 1.807) is 0 Å². The van der Waals surface area contributed by atoms with Crippen molar-refractivity contribution in [3.8, 4) is 0 Å². The van der Waals surface area contributed by atoms with E-state index in [0.29, 0.717) is 6.54 Å². The number of halogens is 3. The van der Waals surface area contributed by atoms with Crippen molar-refractivity contribution in [1.82, 2.24) is 15.2 Å². The van der Waals surface area contributed by atoms with Crippen LogP contribution < -0.4 is 5.32 Å². The summed E-state index contributed by atoms with van der Waals surface area (Å²) >= 11 is 0. The minimum absolute atomic E-state index is 0.132. The Labute approximate surface area is 134 Å². The van der Waals surface area contributed by atoms with Gasteiger partial charge in [-0.05, 0) is 51.9 Å². The Balaban J connectivity index is 1.93. The van der Waals surface area contributed by atoms with Crippen LogP contribution in [0.15, 0.2) is 18.3 Å². The highest BCUT2D eigenvalue weighted by molar-refractivity contribution is 5.93. The molecule has 1 aliphatic rings. The van der Waals surface area contributed by atoms with E-state index in [1.807, 2.05) is 0 Å². The number of hydrogen-bond acceptors (Lipinski definition) is 3. The molecule has 4 nitrogen and oxygen atoms in total. The van der Waals surface area contributed by atoms with Crippen molar-refractivity contribution in [2.75, 3.05) is 19.6 Å². The zero-order valence-corrected chi connectivity index (χ0v) is 13.4. The molecule has 1 aromatic heterocycles. The summed E-state index contributed by atoms with van der Waals surface area (Å²) in [6.07, 6.45) is 0.00781. The van der Waals surface area contributed by atoms with Crippen molar-refractivity contribution < 1.29 is 18.0 Å². The molecule has 0 atom stereocenters. The Morgan fingerprint density at radius 1 is 1.22 bits per heavy atom. The van der Waals surface area contributed by atoms with E-state index >= 15 is 0 Å². The van der Waals surface area contributed by atoms with Crippen molar-refractivity contribution in [3.63, 3.8) is 0 Å². The second kappa shape index (κ2) is 6.86. The first-order valence-electron chi connectivity index (χ1n) is 7.77. The predicted octanol–water partition coefficient (Wildman–Crippen LogP) is 3.09. The van der Waals surface area contributed by atoms with Crippen LogP contribution in [0.1, 0.15) is 49.2 Å². The number of nitrogens with zero attached hydrogens (tertiary/aromatic N) is 2. The van der Waals surface area contributed by atoms with Gasteiger partial charge in [-0.1, -0.05) is 6.42 Å². The quantitative estimate of drug-likeness (QED) is 0.923. The van der Waals surface area contributed by atoms with Gasteiger partial charge in [-0.25, -0.2) is 0 Å².